The molecule has 2 nitrogen and oxygen atoms in total. The van der Waals surface area contributed by atoms with Gasteiger partial charge in [-0.25, -0.2) is 4.39 Å². The van der Waals surface area contributed by atoms with E-state index in [2.05, 4.69) is 32.7 Å². The number of rotatable bonds is 4. The lowest BCUT2D eigenvalue weighted by Crippen LogP contribution is -2.56. The van der Waals surface area contributed by atoms with Gasteiger partial charge < -0.3 is 5.73 Å². The molecule has 0 heterocycles. The van der Waals surface area contributed by atoms with Crippen LogP contribution < -0.4 is 5.73 Å². The maximum Gasteiger partial charge on any atom is 0.127 e. The van der Waals surface area contributed by atoms with Gasteiger partial charge in [0.05, 0.1) is 0 Å². The number of nitrogens with two attached hydrogens (primary N) is 1. The van der Waals surface area contributed by atoms with Crippen molar-refractivity contribution in [3.05, 3.63) is 35.6 Å². The molecule has 0 bridgehead atoms. The maximum absolute atomic E-state index is 14.1. The highest BCUT2D eigenvalue weighted by atomic mass is 19.1. The molecule has 1 saturated carbocycles. The van der Waals surface area contributed by atoms with Gasteiger partial charge in [0.2, 0.25) is 0 Å². The summed E-state index contributed by atoms with van der Waals surface area (Å²) in [7, 11) is 2.10. The largest absolute Gasteiger partial charge is 0.329 e. The lowest BCUT2D eigenvalue weighted by atomic mass is 9.67. The smallest absolute Gasteiger partial charge is 0.127 e. The predicted molar refractivity (Wildman–Crippen MR) is 86.6 cm³/mol. The van der Waals surface area contributed by atoms with Gasteiger partial charge >= 0.3 is 0 Å². The summed E-state index contributed by atoms with van der Waals surface area (Å²) in [6, 6.07) is 7.11. The summed E-state index contributed by atoms with van der Waals surface area (Å²) >= 11 is 0. The second kappa shape index (κ2) is 6.05. The van der Waals surface area contributed by atoms with E-state index in [1.165, 1.54) is 12.8 Å². The van der Waals surface area contributed by atoms with Gasteiger partial charge in [0.15, 0.2) is 0 Å². The highest BCUT2D eigenvalue weighted by Gasteiger charge is 2.43. The number of benzene rings is 1. The van der Waals surface area contributed by atoms with E-state index in [1.807, 2.05) is 12.1 Å². The van der Waals surface area contributed by atoms with Crippen LogP contribution in [0.3, 0.4) is 0 Å². The summed E-state index contributed by atoms with van der Waals surface area (Å²) in [5, 5.41) is 0. The van der Waals surface area contributed by atoms with Gasteiger partial charge in [-0.2, -0.15) is 0 Å². The Bertz CT molecular complexity index is 486. The first-order valence-electron chi connectivity index (χ1n) is 7.99. The SMILES string of the molecule is CC(c1ccccc1F)N(C)C1(CN)CCCC(C)(C)C1. The Morgan fingerprint density at radius 1 is 1.29 bits per heavy atom. The standard InChI is InChI=1S/C18H29FN2/c1-14(15-8-5-6-9-16(15)19)21(4)18(13-20)11-7-10-17(2,3)12-18/h5-6,8-9,14H,7,10-13,20H2,1-4H3. The predicted octanol–water partition coefficient (Wildman–Crippen LogP) is 4.12. The molecule has 0 radical (unpaired) electrons. The van der Waals surface area contributed by atoms with Crippen molar-refractivity contribution in [1.82, 2.24) is 4.90 Å². The molecule has 0 saturated heterocycles. The van der Waals surface area contributed by atoms with Crippen molar-refractivity contribution in [3.8, 4) is 0 Å². The molecule has 1 aliphatic rings. The summed E-state index contributed by atoms with van der Waals surface area (Å²) in [6.45, 7) is 7.35. The fourth-order valence-corrected chi connectivity index (χ4v) is 4.02. The quantitative estimate of drug-likeness (QED) is 0.904. The van der Waals surface area contributed by atoms with Gasteiger partial charge in [-0.1, -0.05) is 38.5 Å². The molecular weight excluding hydrogens is 263 g/mol. The molecule has 21 heavy (non-hydrogen) atoms. The van der Waals surface area contributed by atoms with Crippen LogP contribution >= 0.6 is 0 Å². The minimum atomic E-state index is -0.126. The van der Waals surface area contributed by atoms with E-state index in [0.29, 0.717) is 12.0 Å². The first kappa shape index (κ1) is 16.4. The van der Waals surface area contributed by atoms with Crippen LogP contribution in [0.4, 0.5) is 4.39 Å². The van der Waals surface area contributed by atoms with E-state index >= 15 is 0 Å². The van der Waals surface area contributed by atoms with Crippen molar-refractivity contribution in [2.45, 2.75) is 58.0 Å². The molecule has 0 aliphatic heterocycles. The molecule has 1 fully saturated rings. The zero-order valence-electron chi connectivity index (χ0n) is 13.8. The number of hydrogen-bond acceptors (Lipinski definition) is 2. The third-order valence-corrected chi connectivity index (χ3v) is 5.37. The molecule has 2 N–H and O–H groups in total. The van der Waals surface area contributed by atoms with Crippen LogP contribution in [0.25, 0.3) is 0 Å². The first-order chi connectivity index (χ1) is 9.81. The van der Waals surface area contributed by atoms with Crippen LogP contribution in [-0.4, -0.2) is 24.0 Å². The molecule has 0 aromatic heterocycles. The Balaban J connectivity index is 2.28. The zero-order valence-corrected chi connectivity index (χ0v) is 13.8. The molecule has 118 valence electrons. The number of likely N-dealkylation sites (N-methyl/N-ethyl adjacent to an activating group) is 1. The van der Waals surface area contributed by atoms with Crippen LogP contribution in [0, 0.1) is 11.2 Å². The van der Waals surface area contributed by atoms with E-state index < -0.39 is 0 Å². The summed E-state index contributed by atoms with van der Waals surface area (Å²) in [4.78, 5) is 2.31. The third kappa shape index (κ3) is 3.29. The summed E-state index contributed by atoms with van der Waals surface area (Å²) < 4.78 is 14.1. The lowest BCUT2D eigenvalue weighted by molar-refractivity contribution is 0.00312. The summed E-state index contributed by atoms with van der Waals surface area (Å²) in [6.07, 6.45) is 4.61. The second-order valence-corrected chi connectivity index (χ2v) is 7.43. The highest BCUT2D eigenvalue weighted by Crippen LogP contribution is 2.45. The lowest BCUT2D eigenvalue weighted by Gasteiger charge is -2.51. The Morgan fingerprint density at radius 3 is 2.52 bits per heavy atom. The topological polar surface area (TPSA) is 29.3 Å². The second-order valence-electron chi connectivity index (χ2n) is 7.43. The van der Waals surface area contributed by atoms with E-state index in [-0.39, 0.29) is 17.4 Å². The van der Waals surface area contributed by atoms with Crippen molar-refractivity contribution in [1.29, 1.82) is 0 Å². The van der Waals surface area contributed by atoms with E-state index in [4.69, 9.17) is 5.73 Å². The average molecular weight is 292 g/mol. The van der Waals surface area contributed by atoms with Crippen molar-refractivity contribution >= 4 is 0 Å². The van der Waals surface area contributed by atoms with Crippen molar-refractivity contribution in [2.24, 2.45) is 11.1 Å². The Kier molecular flexibility index (Phi) is 4.74. The van der Waals surface area contributed by atoms with E-state index in [1.54, 1.807) is 12.1 Å². The molecule has 2 rings (SSSR count). The number of hydrogen-bond donors (Lipinski definition) is 1. The van der Waals surface area contributed by atoms with Crippen molar-refractivity contribution < 1.29 is 4.39 Å². The van der Waals surface area contributed by atoms with Gasteiger partial charge in [0.1, 0.15) is 5.82 Å². The van der Waals surface area contributed by atoms with Crippen LogP contribution in [-0.2, 0) is 0 Å². The molecule has 1 aromatic rings. The zero-order chi connectivity index (χ0) is 15.7. The Morgan fingerprint density at radius 2 is 1.95 bits per heavy atom. The van der Waals surface area contributed by atoms with Gasteiger partial charge in [0.25, 0.3) is 0 Å². The normalized spacial score (nSPS) is 26.8. The number of halogens is 1. The van der Waals surface area contributed by atoms with Crippen LogP contribution in [0.15, 0.2) is 24.3 Å². The molecule has 1 aromatic carbocycles. The average Bonchev–Trinajstić information content (AvgIpc) is 2.45. The van der Waals surface area contributed by atoms with Gasteiger partial charge in [-0.05, 0) is 44.7 Å². The number of nitrogens with zero attached hydrogens (tertiary/aromatic N) is 1. The molecular formula is C18H29FN2. The van der Waals surface area contributed by atoms with Gasteiger partial charge in [-0.3, -0.25) is 4.90 Å². The van der Waals surface area contributed by atoms with Gasteiger partial charge in [0, 0.05) is 23.7 Å². The first-order valence-corrected chi connectivity index (χ1v) is 7.99. The highest BCUT2D eigenvalue weighted by molar-refractivity contribution is 5.21. The minimum Gasteiger partial charge on any atom is -0.329 e. The minimum absolute atomic E-state index is 0.0244. The maximum atomic E-state index is 14.1. The molecule has 2 unspecified atom stereocenters. The molecule has 0 amide bonds. The molecule has 3 heteroatoms. The molecule has 2 atom stereocenters. The third-order valence-electron chi connectivity index (χ3n) is 5.37. The fourth-order valence-electron chi connectivity index (χ4n) is 4.02. The van der Waals surface area contributed by atoms with E-state index in [9.17, 15) is 4.39 Å². The van der Waals surface area contributed by atoms with Gasteiger partial charge in [-0.15, -0.1) is 0 Å². The monoisotopic (exact) mass is 292 g/mol. The Labute approximate surface area is 128 Å². The van der Waals surface area contributed by atoms with Crippen LogP contribution in [0.2, 0.25) is 0 Å². The molecule has 1 aliphatic carbocycles. The van der Waals surface area contributed by atoms with E-state index in [0.717, 1.165) is 18.4 Å². The summed E-state index contributed by atoms with van der Waals surface area (Å²) in [5.41, 5.74) is 7.22. The van der Waals surface area contributed by atoms with Crippen molar-refractivity contribution in [2.75, 3.05) is 13.6 Å². The summed E-state index contributed by atoms with van der Waals surface area (Å²) in [5.74, 6) is -0.126. The van der Waals surface area contributed by atoms with Crippen LogP contribution in [0.5, 0.6) is 0 Å². The fraction of sp³-hybridized carbons (Fsp3) is 0.667. The van der Waals surface area contributed by atoms with Crippen molar-refractivity contribution in [3.63, 3.8) is 0 Å². The van der Waals surface area contributed by atoms with Crippen LogP contribution in [0.1, 0.15) is 58.1 Å². The molecule has 0 spiro atoms. The Hall–Kier alpha value is -0.930.